The van der Waals surface area contributed by atoms with E-state index in [4.69, 9.17) is 13.9 Å². The lowest BCUT2D eigenvalue weighted by Gasteiger charge is -2.30. The molecular formula is C15H20N2O3. The molecule has 2 aromatic rings. The predicted molar refractivity (Wildman–Crippen MR) is 75.7 cm³/mol. The number of para-hydroxylation sites is 2. The molecule has 1 saturated heterocycles. The minimum Gasteiger partial charge on any atom is -0.441 e. The van der Waals surface area contributed by atoms with Crippen LogP contribution in [-0.2, 0) is 15.9 Å². The number of likely N-dealkylation sites (N-methyl/N-ethyl adjacent to an activating group) is 1. The van der Waals surface area contributed by atoms with Crippen molar-refractivity contribution in [1.29, 1.82) is 0 Å². The van der Waals surface area contributed by atoms with Gasteiger partial charge in [-0.2, -0.15) is 0 Å². The average Bonchev–Trinajstić information content (AvgIpc) is 2.90. The first-order valence-corrected chi connectivity index (χ1v) is 7.14. The number of fused-ring (bicyclic) bond motifs is 1. The van der Waals surface area contributed by atoms with Crippen LogP contribution in [-0.4, -0.2) is 43.5 Å². The molecule has 0 aliphatic carbocycles. The van der Waals surface area contributed by atoms with Crippen molar-refractivity contribution < 1.29 is 13.9 Å². The van der Waals surface area contributed by atoms with Crippen LogP contribution in [0.1, 0.15) is 12.8 Å². The highest BCUT2D eigenvalue weighted by Gasteiger charge is 2.26. The fraction of sp³-hybridized carbons (Fsp3) is 0.533. The Kier molecular flexibility index (Phi) is 4.30. The van der Waals surface area contributed by atoms with Crippen molar-refractivity contribution in [2.75, 3.05) is 26.4 Å². The summed E-state index contributed by atoms with van der Waals surface area (Å²) < 4.78 is 17.1. The van der Waals surface area contributed by atoms with Gasteiger partial charge in [-0.1, -0.05) is 19.1 Å². The molecular weight excluding hydrogens is 256 g/mol. The Morgan fingerprint density at radius 3 is 3.00 bits per heavy atom. The maximum absolute atomic E-state index is 5.79. The van der Waals surface area contributed by atoms with Gasteiger partial charge >= 0.3 is 0 Å². The van der Waals surface area contributed by atoms with Gasteiger partial charge in [0.2, 0.25) is 0 Å². The summed E-state index contributed by atoms with van der Waals surface area (Å²) in [5.41, 5.74) is 1.73. The number of benzene rings is 1. The molecule has 1 aromatic heterocycles. The lowest BCUT2D eigenvalue weighted by molar-refractivity contribution is -0.102. The van der Waals surface area contributed by atoms with E-state index < -0.39 is 0 Å². The summed E-state index contributed by atoms with van der Waals surface area (Å²) in [7, 11) is 0. The summed E-state index contributed by atoms with van der Waals surface area (Å²) in [6, 6.07) is 7.98. The van der Waals surface area contributed by atoms with Crippen molar-refractivity contribution in [3.8, 4) is 0 Å². The molecule has 2 heterocycles. The molecule has 5 heteroatoms. The van der Waals surface area contributed by atoms with Crippen molar-refractivity contribution in [3.05, 3.63) is 30.2 Å². The summed E-state index contributed by atoms with van der Waals surface area (Å²) in [6.07, 6.45) is 0.759. The van der Waals surface area contributed by atoms with E-state index in [0.29, 0.717) is 26.2 Å². The van der Waals surface area contributed by atoms with Crippen LogP contribution in [0.4, 0.5) is 0 Å². The highest BCUT2D eigenvalue weighted by atomic mass is 16.6. The first-order chi connectivity index (χ1) is 9.86. The van der Waals surface area contributed by atoms with Gasteiger partial charge in [-0.25, -0.2) is 4.98 Å². The van der Waals surface area contributed by atoms with E-state index in [1.807, 2.05) is 24.3 Å². The molecule has 5 nitrogen and oxygen atoms in total. The van der Waals surface area contributed by atoms with Crippen molar-refractivity contribution in [2.45, 2.75) is 25.5 Å². The van der Waals surface area contributed by atoms with Gasteiger partial charge in [0.25, 0.3) is 0 Å². The van der Waals surface area contributed by atoms with Crippen molar-refractivity contribution in [3.63, 3.8) is 0 Å². The Morgan fingerprint density at radius 1 is 1.35 bits per heavy atom. The molecule has 108 valence electrons. The van der Waals surface area contributed by atoms with Crippen LogP contribution in [0.25, 0.3) is 11.1 Å². The molecule has 3 rings (SSSR count). The van der Waals surface area contributed by atoms with Crippen molar-refractivity contribution in [2.24, 2.45) is 0 Å². The maximum atomic E-state index is 5.79. The zero-order chi connectivity index (χ0) is 13.8. The summed E-state index contributed by atoms with van der Waals surface area (Å²) in [5.74, 6) is 0.742. The van der Waals surface area contributed by atoms with Gasteiger partial charge in [0.1, 0.15) is 5.52 Å². The molecule has 0 spiro atoms. The van der Waals surface area contributed by atoms with Crippen LogP contribution in [0.3, 0.4) is 0 Å². The number of hydrogen-bond donors (Lipinski definition) is 1. The van der Waals surface area contributed by atoms with Crippen molar-refractivity contribution >= 4 is 11.1 Å². The summed E-state index contributed by atoms with van der Waals surface area (Å²) in [4.78, 5) is 4.53. The number of oxazole rings is 1. The molecule has 1 aliphatic rings. The molecule has 20 heavy (non-hydrogen) atoms. The van der Waals surface area contributed by atoms with E-state index in [9.17, 15) is 0 Å². The molecule has 0 radical (unpaired) electrons. The average molecular weight is 276 g/mol. The minimum atomic E-state index is 0.0544. The van der Waals surface area contributed by atoms with Crippen molar-refractivity contribution in [1.82, 2.24) is 10.3 Å². The SMILES string of the molecule is CCNC(Cc1nc2ccccc2o1)C1COCCO1. The molecule has 0 saturated carbocycles. The number of hydrogen-bond acceptors (Lipinski definition) is 5. The van der Waals surface area contributed by atoms with E-state index in [-0.39, 0.29) is 12.1 Å². The Balaban J connectivity index is 1.74. The van der Waals surface area contributed by atoms with Gasteiger partial charge in [0, 0.05) is 12.5 Å². The van der Waals surface area contributed by atoms with Gasteiger partial charge in [0.05, 0.1) is 25.9 Å². The number of aromatic nitrogens is 1. The quantitative estimate of drug-likeness (QED) is 0.902. The van der Waals surface area contributed by atoms with Gasteiger partial charge in [-0.15, -0.1) is 0 Å². The lowest BCUT2D eigenvalue weighted by atomic mass is 10.1. The summed E-state index contributed by atoms with van der Waals surface area (Å²) >= 11 is 0. The Hall–Kier alpha value is -1.43. The number of nitrogens with one attached hydrogen (secondary N) is 1. The fourth-order valence-electron chi connectivity index (χ4n) is 2.53. The first-order valence-electron chi connectivity index (χ1n) is 7.14. The van der Waals surface area contributed by atoms with Crippen LogP contribution in [0.15, 0.2) is 28.7 Å². The van der Waals surface area contributed by atoms with E-state index in [1.165, 1.54) is 0 Å². The van der Waals surface area contributed by atoms with Crippen LogP contribution in [0, 0.1) is 0 Å². The summed E-state index contributed by atoms with van der Waals surface area (Å²) in [5, 5.41) is 3.44. The largest absolute Gasteiger partial charge is 0.441 e. The highest BCUT2D eigenvalue weighted by Crippen LogP contribution is 2.17. The van der Waals surface area contributed by atoms with Crippen LogP contribution in [0.5, 0.6) is 0 Å². The highest BCUT2D eigenvalue weighted by molar-refractivity contribution is 5.72. The molecule has 1 N–H and O–H groups in total. The Morgan fingerprint density at radius 2 is 2.25 bits per heavy atom. The van der Waals surface area contributed by atoms with Gasteiger partial charge in [-0.05, 0) is 18.7 Å². The predicted octanol–water partition coefficient (Wildman–Crippen LogP) is 1.76. The molecule has 0 amide bonds. The van der Waals surface area contributed by atoms with Gasteiger partial charge in [0.15, 0.2) is 11.5 Å². The molecule has 1 fully saturated rings. The summed E-state index contributed by atoms with van der Waals surface area (Å²) in [6.45, 7) is 4.92. The molecule has 2 atom stereocenters. The second kappa shape index (κ2) is 6.35. The topological polar surface area (TPSA) is 56.5 Å². The number of nitrogens with zero attached hydrogens (tertiary/aromatic N) is 1. The molecule has 2 unspecified atom stereocenters. The molecule has 1 aliphatic heterocycles. The molecule has 1 aromatic carbocycles. The maximum Gasteiger partial charge on any atom is 0.197 e. The zero-order valence-electron chi connectivity index (χ0n) is 11.7. The lowest BCUT2D eigenvalue weighted by Crippen LogP contribution is -2.47. The number of rotatable bonds is 5. The van der Waals surface area contributed by atoms with E-state index in [2.05, 4.69) is 17.2 Å². The van der Waals surface area contributed by atoms with Crippen LogP contribution >= 0.6 is 0 Å². The second-order valence-electron chi connectivity index (χ2n) is 4.93. The second-order valence-corrected chi connectivity index (χ2v) is 4.93. The third-order valence-corrected chi connectivity index (χ3v) is 3.49. The third kappa shape index (κ3) is 3.00. The zero-order valence-corrected chi connectivity index (χ0v) is 11.7. The number of ether oxygens (including phenoxy) is 2. The van der Waals surface area contributed by atoms with E-state index >= 15 is 0 Å². The minimum absolute atomic E-state index is 0.0544. The van der Waals surface area contributed by atoms with Crippen LogP contribution < -0.4 is 5.32 Å². The normalized spacial score (nSPS) is 21.1. The first kappa shape index (κ1) is 13.5. The smallest absolute Gasteiger partial charge is 0.197 e. The Labute approximate surface area is 118 Å². The van der Waals surface area contributed by atoms with E-state index in [0.717, 1.165) is 23.5 Å². The monoisotopic (exact) mass is 276 g/mol. The fourth-order valence-corrected chi connectivity index (χ4v) is 2.53. The van der Waals surface area contributed by atoms with E-state index in [1.54, 1.807) is 0 Å². The molecule has 0 bridgehead atoms. The van der Waals surface area contributed by atoms with Crippen LogP contribution in [0.2, 0.25) is 0 Å². The Bertz CT molecular complexity index is 516. The van der Waals surface area contributed by atoms with Gasteiger partial charge in [-0.3, -0.25) is 0 Å². The standard InChI is InChI=1S/C15H20N2O3/c1-2-16-12(14-10-18-7-8-19-14)9-15-17-11-5-3-4-6-13(11)20-15/h3-6,12,14,16H,2,7-10H2,1H3. The van der Waals surface area contributed by atoms with Gasteiger partial charge < -0.3 is 19.2 Å². The third-order valence-electron chi connectivity index (χ3n) is 3.49.